The van der Waals surface area contributed by atoms with Gasteiger partial charge in [0.05, 0.1) is 6.10 Å². The molecule has 1 aliphatic heterocycles. The Bertz CT molecular complexity index is 1760. The monoisotopic (exact) mass is 895 g/mol. The van der Waals surface area contributed by atoms with Crippen LogP contribution in [0.4, 0.5) is 0 Å². The van der Waals surface area contributed by atoms with Gasteiger partial charge in [0.15, 0.2) is 22.4 Å². The van der Waals surface area contributed by atoms with Gasteiger partial charge in [-0.1, -0.05) is 152 Å². The molecule has 3 aliphatic rings. The van der Waals surface area contributed by atoms with E-state index in [2.05, 4.69) is 167 Å². The zero-order valence-corrected chi connectivity index (χ0v) is 43.6. The van der Waals surface area contributed by atoms with Crippen LogP contribution in [0.2, 0.25) is 36.3 Å². The van der Waals surface area contributed by atoms with Gasteiger partial charge in [0.1, 0.15) is 11.9 Å². The molecule has 0 spiro atoms. The van der Waals surface area contributed by atoms with Gasteiger partial charge in [0.2, 0.25) is 0 Å². The fourth-order valence-corrected chi connectivity index (χ4v) is 9.94. The van der Waals surface area contributed by atoms with Crippen molar-refractivity contribution in [2.24, 2.45) is 23.7 Å². The van der Waals surface area contributed by atoms with Crippen LogP contribution in [0.3, 0.4) is 0 Å². The molecule has 5 nitrogen and oxygen atoms in total. The van der Waals surface area contributed by atoms with E-state index in [-0.39, 0.29) is 28.2 Å². The summed E-state index contributed by atoms with van der Waals surface area (Å²) in [4.78, 5) is 23.5. The average molecular weight is 895 g/mol. The lowest BCUT2D eigenvalue weighted by molar-refractivity contribution is -0.121. The highest BCUT2D eigenvalue weighted by Crippen LogP contribution is 2.40. The third-order valence-corrected chi connectivity index (χ3v) is 22.3. The second kappa shape index (κ2) is 27.2. The molecule has 2 aromatic rings. The Morgan fingerprint density at radius 1 is 0.794 bits per heavy atom. The Hall–Kier alpha value is -3.39. The van der Waals surface area contributed by atoms with Gasteiger partial charge in [-0.25, -0.2) is 0 Å². The van der Waals surface area contributed by atoms with Crippen LogP contribution in [-0.2, 0) is 36.0 Å². The first-order valence-corrected chi connectivity index (χ1v) is 29.5. The van der Waals surface area contributed by atoms with Crippen molar-refractivity contribution < 1.29 is 23.2 Å². The number of benzene rings is 2. The van der Waals surface area contributed by atoms with Crippen molar-refractivity contribution in [1.82, 2.24) is 0 Å². The van der Waals surface area contributed by atoms with Crippen molar-refractivity contribution in [3.8, 4) is 12.3 Å². The molecule has 1 saturated carbocycles. The first-order chi connectivity index (χ1) is 29.5. The number of hydrogen-bond donors (Lipinski definition) is 0. The Kier molecular flexibility index (Phi) is 24.0. The SMILES string of the molecule is C#C[C@H](CCc1ccccc1)O[Si](C)(C)C(C)(C)C.C1CCOC1.C=CCC1=C[C@H](C)CC1=O.C=CC[C@H]1C(=O)C[C@@H](C)[C@@H]1/C=C/[C@H](CCc1ccccc1)O[Si](C)(C)C(C)(C)C. The summed E-state index contributed by atoms with van der Waals surface area (Å²) >= 11 is 0. The van der Waals surface area contributed by atoms with Crippen molar-refractivity contribution in [3.05, 3.63) is 121 Å². The third kappa shape index (κ3) is 20.1. The zero-order chi connectivity index (χ0) is 47.3. The number of carbonyl (C=O) groups is 2. The largest absolute Gasteiger partial charge is 0.411 e. The second-order valence-electron chi connectivity index (χ2n) is 20.8. The number of rotatable bonds is 16. The standard InChI is InChI=1S/C26H40O2Si.C17H26OSi.C9H12O.C4H8O/c1-8-12-24-23(20(2)19-25(24)27)18-17-22(28-29(6,7)26(3,4)5)16-15-21-13-10-9-11-14-21;1-7-16(18-19(5,6)17(2,3)4)14-13-15-11-9-8-10-12-15;1-3-4-8-5-7(2)6-9(8)10;1-2-4-5-3-1/h8-11,13-14,17-18,20,22-24H,1,12,15-16,19H2,2-7H3;1,8-12,16H,13-14H2,2-6H3;3,5,7H,1,4,6H2,2H3;1-4H2/b18-17+;;;/t20-,22+,23+,24-;16-;7-;/m110./s1. The van der Waals surface area contributed by atoms with E-state index in [4.69, 9.17) is 20.0 Å². The summed E-state index contributed by atoms with van der Waals surface area (Å²) in [5.41, 5.74) is 3.61. The van der Waals surface area contributed by atoms with Gasteiger partial charge >= 0.3 is 0 Å². The Morgan fingerprint density at radius 2 is 1.32 bits per heavy atom. The summed E-state index contributed by atoms with van der Waals surface area (Å²) in [6.07, 6.45) is 25.2. The van der Waals surface area contributed by atoms with Crippen molar-refractivity contribution in [2.45, 2.75) is 168 Å². The molecule has 63 heavy (non-hydrogen) atoms. The van der Waals surface area contributed by atoms with E-state index in [1.165, 1.54) is 24.0 Å². The lowest BCUT2D eigenvalue weighted by Gasteiger charge is -2.39. The second-order valence-corrected chi connectivity index (χ2v) is 30.4. The molecule has 7 heteroatoms. The van der Waals surface area contributed by atoms with E-state index < -0.39 is 16.6 Å². The van der Waals surface area contributed by atoms with Gasteiger partial charge in [-0.15, -0.1) is 19.6 Å². The minimum Gasteiger partial charge on any atom is -0.411 e. The maximum atomic E-state index is 12.4. The Morgan fingerprint density at radius 3 is 1.75 bits per heavy atom. The molecule has 2 aromatic carbocycles. The van der Waals surface area contributed by atoms with Crippen molar-refractivity contribution in [1.29, 1.82) is 0 Å². The fourth-order valence-electron chi connectivity index (χ4n) is 7.38. The predicted octanol–water partition coefficient (Wildman–Crippen LogP) is 14.5. The number of carbonyl (C=O) groups excluding carboxylic acids is 2. The molecular formula is C56H86O5Si2. The molecule has 348 valence electrons. The molecule has 0 unspecified atom stereocenters. The molecule has 0 radical (unpaired) electrons. The van der Waals surface area contributed by atoms with E-state index in [0.29, 0.717) is 42.2 Å². The summed E-state index contributed by atoms with van der Waals surface area (Å²) in [7, 11) is -3.65. The molecule has 2 fully saturated rings. The van der Waals surface area contributed by atoms with Crippen LogP contribution in [-0.4, -0.2) is 53.6 Å². The van der Waals surface area contributed by atoms with Gasteiger partial charge in [-0.2, -0.15) is 0 Å². The van der Waals surface area contributed by atoms with Crippen LogP contribution in [0.1, 0.15) is 118 Å². The summed E-state index contributed by atoms with van der Waals surface area (Å²) in [5, 5.41) is 0.378. The first kappa shape index (κ1) is 55.7. The summed E-state index contributed by atoms with van der Waals surface area (Å²) in [5.74, 6) is 4.72. The lowest BCUT2D eigenvalue weighted by Crippen LogP contribution is -2.43. The van der Waals surface area contributed by atoms with Crippen LogP contribution < -0.4 is 0 Å². The number of ether oxygens (including phenoxy) is 1. The predicted molar refractivity (Wildman–Crippen MR) is 274 cm³/mol. The average Bonchev–Trinajstić information content (AvgIpc) is 3.97. The van der Waals surface area contributed by atoms with Gasteiger partial charge in [-0.05, 0) is 122 Å². The quantitative estimate of drug-likeness (QED) is 0.0954. The zero-order valence-electron chi connectivity index (χ0n) is 41.6. The van der Waals surface area contributed by atoms with Crippen LogP contribution in [0.25, 0.3) is 0 Å². The maximum absolute atomic E-state index is 12.4. The molecule has 0 aromatic heterocycles. The number of ketones is 2. The van der Waals surface area contributed by atoms with Gasteiger partial charge in [0, 0.05) is 32.0 Å². The van der Waals surface area contributed by atoms with Crippen molar-refractivity contribution in [2.75, 3.05) is 13.2 Å². The molecule has 0 amide bonds. The number of Topliss-reactive ketones (excluding diaryl/α,β-unsaturated/α-hetero) is 2. The highest BCUT2D eigenvalue weighted by atomic mass is 28.4. The number of hydrogen-bond acceptors (Lipinski definition) is 5. The highest BCUT2D eigenvalue weighted by molar-refractivity contribution is 6.74. The lowest BCUT2D eigenvalue weighted by atomic mass is 9.87. The number of aryl methyl sites for hydroxylation is 2. The molecule has 2 aliphatic carbocycles. The smallest absolute Gasteiger partial charge is 0.193 e. The van der Waals surface area contributed by atoms with Gasteiger partial charge < -0.3 is 13.6 Å². The third-order valence-electron chi connectivity index (χ3n) is 13.3. The van der Waals surface area contributed by atoms with Gasteiger partial charge in [-0.3, -0.25) is 9.59 Å². The van der Waals surface area contributed by atoms with E-state index in [1.54, 1.807) is 6.08 Å². The van der Waals surface area contributed by atoms with Crippen molar-refractivity contribution >= 4 is 28.2 Å². The Labute approximate surface area is 387 Å². The fraction of sp³-hybridized carbons (Fsp3) is 0.571. The van der Waals surface area contributed by atoms with E-state index in [1.807, 2.05) is 18.2 Å². The van der Waals surface area contributed by atoms with E-state index >= 15 is 0 Å². The topological polar surface area (TPSA) is 61.8 Å². The van der Waals surface area contributed by atoms with Crippen molar-refractivity contribution in [3.63, 3.8) is 0 Å². The van der Waals surface area contributed by atoms with Crippen LogP contribution in [0, 0.1) is 36.0 Å². The highest BCUT2D eigenvalue weighted by Gasteiger charge is 2.41. The molecule has 1 heterocycles. The maximum Gasteiger partial charge on any atom is 0.193 e. The molecule has 6 atom stereocenters. The summed E-state index contributed by atoms with van der Waals surface area (Å²) in [6, 6.07) is 21.1. The number of allylic oxidation sites excluding steroid dienone is 5. The normalized spacial score (nSPS) is 21.2. The summed E-state index contributed by atoms with van der Waals surface area (Å²) in [6.45, 7) is 36.4. The molecule has 0 N–H and O–H groups in total. The Balaban J connectivity index is 0.000000339. The van der Waals surface area contributed by atoms with Crippen LogP contribution in [0.15, 0.2) is 110 Å². The molecule has 5 rings (SSSR count). The minimum atomic E-state index is -1.88. The molecule has 0 bridgehead atoms. The minimum absolute atomic E-state index is 0.0684. The number of terminal acetylenes is 1. The van der Waals surface area contributed by atoms with E-state index in [0.717, 1.165) is 57.3 Å². The molecular weight excluding hydrogens is 809 g/mol. The van der Waals surface area contributed by atoms with Crippen LogP contribution >= 0.6 is 0 Å². The summed E-state index contributed by atoms with van der Waals surface area (Å²) < 4.78 is 18.0. The van der Waals surface area contributed by atoms with Crippen LogP contribution in [0.5, 0.6) is 0 Å². The van der Waals surface area contributed by atoms with Gasteiger partial charge in [0.25, 0.3) is 0 Å². The molecule has 1 saturated heterocycles. The first-order valence-electron chi connectivity index (χ1n) is 23.7. The van der Waals surface area contributed by atoms with E-state index in [9.17, 15) is 9.59 Å².